The molecule has 0 aromatic heterocycles. The van der Waals surface area contributed by atoms with E-state index < -0.39 is 0 Å². The second-order valence-electron chi connectivity index (χ2n) is 6.22. The Morgan fingerprint density at radius 1 is 1.30 bits per heavy atom. The first-order chi connectivity index (χ1) is 9.54. The fourth-order valence-corrected chi connectivity index (χ4v) is 2.78. The topological polar surface area (TPSA) is 30.5 Å². The molecule has 3 heteroatoms. The van der Waals surface area contributed by atoms with Crippen LogP contribution in [0, 0.1) is 0 Å². The van der Waals surface area contributed by atoms with Gasteiger partial charge in [-0.3, -0.25) is 0 Å². The van der Waals surface area contributed by atoms with Crippen LogP contribution in [0.1, 0.15) is 45.1 Å². The second-order valence-corrected chi connectivity index (χ2v) is 6.22. The zero-order chi connectivity index (χ0) is 14.6. The van der Waals surface area contributed by atoms with Crippen LogP contribution in [0.4, 0.5) is 0 Å². The smallest absolute Gasteiger partial charge is 0.119 e. The third kappa shape index (κ3) is 3.97. The summed E-state index contributed by atoms with van der Waals surface area (Å²) in [5, 5.41) is 3.62. The number of methoxy groups -OCH3 is 1. The summed E-state index contributed by atoms with van der Waals surface area (Å²) < 4.78 is 11.0. The van der Waals surface area contributed by atoms with E-state index in [4.69, 9.17) is 9.47 Å². The Hall–Kier alpha value is -1.06. The number of benzene rings is 1. The molecule has 1 aromatic rings. The first-order valence-corrected chi connectivity index (χ1v) is 7.55. The van der Waals surface area contributed by atoms with Crippen LogP contribution in [0.3, 0.4) is 0 Å². The lowest BCUT2D eigenvalue weighted by molar-refractivity contribution is -0.0128. The fraction of sp³-hybridized carbons (Fsp3) is 0.647. The van der Waals surface area contributed by atoms with Gasteiger partial charge in [-0.25, -0.2) is 0 Å². The molecule has 0 amide bonds. The minimum Gasteiger partial charge on any atom is -0.497 e. The van der Waals surface area contributed by atoms with Crippen LogP contribution >= 0.6 is 0 Å². The molecule has 2 rings (SSSR count). The summed E-state index contributed by atoms with van der Waals surface area (Å²) in [7, 11) is 1.72. The lowest BCUT2D eigenvalue weighted by Gasteiger charge is -2.38. The van der Waals surface area contributed by atoms with Crippen LogP contribution in [0.5, 0.6) is 5.75 Å². The van der Waals surface area contributed by atoms with Crippen molar-refractivity contribution >= 4 is 0 Å². The van der Waals surface area contributed by atoms with Crippen molar-refractivity contribution < 1.29 is 9.47 Å². The Morgan fingerprint density at radius 2 is 2.05 bits per heavy atom. The molecular formula is C17H27NO2. The SMILES string of the molecule is CCOC(C)(C)CNC1CC(c2cccc(OC)c2)C1. The molecule has 0 saturated heterocycles. The van der Waals surface area contributed by atoms with Crippen LogP contribution < -0.4 is 10.1 Å². The van der Waals surface area contributed by atoms with E-state index in [2.05, 4.69) is 37.4 Å². The van der Waals surface area contributed by atoms with Crippen molar-refractivity contribution in [2.24, 2.45) is 0 Å². The van der Waals surface area contributed by atoms with Crippen LogP contribution in [-0.4, -0.2) is 31.9 Å². The summed E-state index contributed by atoms with van der Waals surface area (Å²) in [4.78, 5) is 0. The Morgan fingerprint density at radius 3 is 2.70 bits per heavy atom. The molecule has 1 aliphatic rings. The van der Waals surface area contributed by atoms with Crippen LogP contribution in [0.2, 0.25) is 0 Å². The van der Waals surface area contributed by atoms with E-state index in [0.717, 1.165) is 18.9 Å². The van der Waals surface area contributed by atoms with Crippen molar-refractivity contribution in [1.82, 2.24) is 5.32 Å². The first-order valence-electron chi connectivity index (χ1n) is 7.55. The molecule has 0 heterocycles. The Bertz CT molecular complexity index is 425. The number of hydrogen-bond donors (Lipinski definition) is 1. The minimum atomic E-state index is -0.0736. The molecule has 1 aromatic carbocycles. The van der Waals surface area contributed by atoms with Gasteiger partial charge in [-0.1, -0.05) is 12.1 Å². The highest BCUT2D eigenvalue weighted by Gasteiger charge is 2.31. The van der Waals surface area contributed by atoms with E-state index in [0.29, 0.717) is 12.0 Å². The largest absolute Gasteiger partial charge is 0.497 e. The normalized spacial score (nSPS) is 22.4. The van der Waals surface area contributed by atoms with Gasteiger partial charge in [-0.2, -0.15) is 0 Å². The molecule has 1 fully saturated rings. The predicted molar refractivity (Wildman–Crippen MR) is 82.5 cm³/mol. The molecule has 112 valence electrons. The molecular weight excluding hydrogens is 250 g/mol. The molecule has 1 N–H and O–H groups in total. The van der Waals surface area contributed by atoms with Gasteiger partial charge in [-0.05, 0) is 57.2 Å². The van der Waals surface area contributed by atoms with Crippen molar-refractivity contribution in [3.05, 3.63) is 29.8 Å². The summed E-state index contributed by atoms with van der Waals surface area (Å²) in [5.74, 6) is 1.62. The minimum absolute atomic E-state index is 0.0736. The van der Waals surface area contributed by atoms with Crippen molar-refractivity contribution in [3.8, 4) is 5.75 Å². The van der Waals surface area contributed by atoms with Crippen molar-refractivity contribution in [3.63, 3.8) is 0 Å². The summed E-state index contributed by atoms with van der Waals surface area (Å²) in [6.07, 6.45) is 2.41. The molecule has 0 spiro atoms. The lowest BCUT2D eigenvalue weighted by atomic mass is 9.75. The van der Waals surface area contributed by atoms with Gasteiger partial charge in [0.1, 0.15) is 5.75 Å². The van der Waals surface area contributed by atoms with Gasteiger partial charge >= 0.3 is 0 Å². The highest BCUT2D eigenvalue weighted by atomic mass is 16.5. The molecule has 3 nitrogen and oxygen atoms in total. The Balaban J connectivity index is 1.77. The average Bonchev–Trinajstić information content (AvgIpc) is 2.37. The number of nitrogens with one attached hydrogen (secondary N) is 1. The quantitative estimate of drug-likeness (QED) is 0.829. The Kier molecular flexibility index (Phi) is 5.06. The molecule has 0 unspecified atom stereocenters. The zero-order valence-electron chi connectivity index (χ0n) is 13.1. The van der Waals surface area contributed by atoms with Crippen LogP contribution in [-0.2, 0) is 4.74 Å². The summed E-state index contributed by atoms with van der Waals surface area (Å²) in [5.41, 5.74) is 1.32. The summed E-state index contributed by atoms with van der Waals surface area (Å²) >= 11 is 0. The molecule has 0 aliphatic heterocycles. The predicted octanol–water partition coefficient (Wildman–Crippen LogP) is 3.35. The van der Waals surface area contributed by atoms with Crippen molar-refractivity contribution in [2.75, 3.05) is 20.3 Å². The fourth-order valence-electron chi connectivity index (χ4n) is 2.78. The maximum absolute atomic E-state index is 5.71. The number of hydrogen-bond acceptors (Lipinski definition) is 3. The molecule has 0 atom stereocenters. The first kappa shape index (κ1) is 15.3. The molecule has 0 radical (unpaired) electrons. The van der Waals surface area contributed by atoms with E-state index in [-0.39, 0.29) is 5.60 Å². The van der Waals surface area contributed by atoms with Crippen molar-refractivity contribution in [2.45, 2.75) is 51.2 Å². The zero-order valence-corrected chi connectivity index (χ0v) is 13.1. The van der Waals surface area contributed by atoms with E-state index in [1.165, 1.54) is 18.4 Å². The molecule has 1 aliphatic carbocycles. The highest BCUT2D eigenvalue weighted by Crippen LogP contribution is 2.38. The van der Waals surface area contributed by atoms with Crippen LogP contribution in [0.15, 0.2) is 24.3 Å². The molecule has 20 heavy (non-hydrogen) atoms. The summed E-state index contributed by atoms with van der Waals surface area (Å²) in [6, 6.07) is 9.06. The van der Waals surface area contributed by atoms with Crippen molar-refractivity contribution in [1.29, 1.82) is 0 Å². The second kappa shape index (κ2) is 6.59. The van der Waals surface area contributed by atoms with Gasteiger partial charge < -0.3 is 14.8 Å². The molecule has 1 saturated carbocycles. The Labute approximate surface area is 122 Å². The van der Waals surface area contributed by atoms with E-state index in [9.17, 15) is 0 Å². The number of ether oxygens (including phenoxy) is 2. The van der Waals surface area contributed by atoms with E-state index in [1.54, 1.807) is 7.11 Å². The third-order valence-electron chi connectivity index (χ3n) is 4.05. The van der Waals surface area contributed by atoms with Crippen LogP contribution in [0.25, 0.3) is 0 Å². The lowest BCUT2D eigenvalue weighted by Crippen LogP contribution is -2.47. The van der Waals surface area contributed by atoms with Gasteiger partial charge in [0.25, 0.3) is 0 Å². The maximum Gasteiger partial charge on any atom is 0.119 e. The third-order valence-corrected chi connectivity index (χ3v) is 4.05. The summed E-state index contributed by atoms with van der Waals surface area (Å²) in [6.45, 7) is 8.01. The molecule has 0 bridgehead atoms. The van der Waals surface area contributed by atoms with Gasteiger partial charge in [0.15, 0.2) is 0 Å². The van der Waals surface area contributed by atoms with E-state index >= 15 is 0 Å². The average molecular weight is 277 g/mol. The maximum atomic E-state index is 5.71. The number of rotatable bonds is 7. The van der Waals surface area contributed by atoms with Gasteiger partial charge in [0.2, 0.25) is 0 Å². The van der Waals surface area contributed by atoms with Gasteiger partial charge in [0, 0.05) is 19.2 Å². The highest BCUT2D eigenvalue weighted by molar-refractivity contribution is 5.32. The monoisotopic (exact) mass is 277 g/mol. The van der Waals surface area contributed by atoms with Gasteiger partial charge in [0.05, 0.1) is 12.7 Å². The van der Waals surface area contributed by atoms with E-state index in [1.807, 2.05) is 13.0 Å². The van der Waals surface area contributed by atoms with Gasteiger partial charge in [-0.15, -0.1) is 0 Å². The standard InChI is InChI=1S/C17H27NO2/c1-5-20-17(2,3)12-18-15-9-14(10-15)13-7-6-8-16(11-13)19-4/h6-8,11,14-15,18H,5,9-10,12H2,1-4H3.